The van der Waals surface area contributed by atoms with Gasteiger partial charge >= 0.3 is 0 Å². The van der Waals surface area contributed by atoms with Crippen LogP contribution in [0.4, 0.5) is 0 Å². The third-order valence-corrected chi connectivity index (χ3v) is 3.69. The van der Waals surface area contributed by atoms with Crippen LogP contribution in [0, 0.1) is 5.92 Å². The Labute approximate surface area is 111 Å². The highest BCUT2D eigenvalue weighted by Gasteiger charge is 2.26. The topological polar surface area (TPSA) is 62.9 Å². The fourth-order valence-electron chi connectivity index (χ4n) is 2.35. The van der Waals surface area contributed by atoms with E-state index in [4.69, 9.17) is 10.6 Å². The molecule has 5 nitrogen and oxygen atoms in total. The average molecular weight is 256 g/mol. The van der Waals surface area contributed by atoms with Crippen LogP contribution in [0.1, 0.15) is 40.0 Å². The van der Waals surface area contributed by atoms with E-state index in [0.717, 1.165) is 38.7 Å². The normalized spacial score (nSPS) is 25.3. The van der Waals surface area contributed by atoms with Crippen LogP contribution >= 0.6 is 0 Å². The van der Waals surface area contributed by atoms with Gasteiger partial charge in [-0.2, -0.15) is 0 Å². The minimum Gasteiger partial charge on any atom is -0.382 e. The minimum absolute atomic E-state index is 0.500. The molecule has 3 N–H and O–H groups in total. The van der Waals surface area contributed by atoms with Gasteiger partial charge in [-0.25, -0.2) is 5.84 Å². The number of hydrazine groups is 1. The number of rotatable bonds is 5. The Bertz CT molecular complexity index is 257. The van der Waals surface area contributed by atoms with E-state index in [-0.39, 0.29) is 0 Å². The summed E-state index contributed by atoms with van der Waals surface area (Å²) in [6.07, 6.45) is 3.45. The molecule has 106 valence electrons. The summed E-state index contributed by atoms with van der Waals surface area (Å²) in [4.78, 5) is 6.84. The molecule has 1 saturated heterocycles. The van der Waals surface area contributed by atoms with Crippen molar-refractivity contribution < 1.29 is 4.74 Å². The molecule has 2 atom stereocenters. The number of aliphatic imine (C=N–C) groups is 1. The standard InChI is InChI=1S/C13H28N4O/c1-4-18-10-6-8-15-13(16-14)17-9-5-7-11(2)12(17)3/h11-12H,4-10,14H2,1-3H3,(H,15,16). The SMILES string of the molecule is CCOCCCN=C(NN)N1CCCC(C)C1C. The molecule has 1 rings (SSSR count). The van der Waals surface area contributed by atoms with E-state index in [1.54, 1.807) is 0 Å². The van der Waals surface area contributed by atoms with Gasteiger partial charge in [0.25, 0.3) is 0 Å². The Morgan fingerprint density at radius 2 is 2.28 bits per heavy atom. The Hall–Kier alpha value is -0.810. The second-order valence-electron chi connectivity index (χ2n) is 4.95. The third-order valence-electron chi connectivity index (χ3n) is 3.69. The molecule has 0 aromatic heterocycles. The molecule has 18 heavy (non-hydrogen) atoms. The van der Waals surface area contributed by atoms with E-state index in [0.29, 0.717) is 12.0 Å². The number of hydrogen-bond acceptors (Lipinski definition) is 3. The predicted molar refractivity (Wildman–Crippen MR) is 75.3 cm³/mol. The first-order valence-electron chi connectivity index (χ1n) is 7.06. The molecule has 1 heterocycles. The molecule has 1 aliphatic rings. The van der Waals surface area contributed by atoms with E-state index in [1.807, 2.05) is 6.92 Å². The number of nitrogens with zero attached hydrogens (tertiary/aromatic N) is 2. The summed E-state index contributed by atoms with van der Waals surface area (Å²) in [5, 5.41) is 0. The van der Waals surface area contributed by atoms with Crippen molar-refractivity contribution in [1.29, 1.82) is 0 Å². The summed E-state index contributed by atoms with van der Waals surface area (Å²) in [5.74, 6) is 7.12. The first-order valence-corrected chi connectivity index (χ1v) is 7.06. The molecular formula is C13H28N4O. The Morgan fingerprint density at radius 3 is 2.94 bits per heavy atom. The van der Waals surface area contributed by atoms with Crippen LogP contribution in [-0.4, -0.2) is 43.2 Å². The second kappa shape index (κ2) is 8.32. The van der Waals surface area contributed by atoms with Gasteiger partial charge in [0.05, 0.1) is 0 Å². The number of ether oxygens (including phenoxy) is 1. The van der Waals surface area contributed by atoms with Crippen LogP contribution < -0.4 is 11.3 Å². The summed E-state index contributed by atoms with van der Waals surface area (Å²) in [6.45, 7) is 9.89. The monoisotopic (exact) mass is 256 g/mol. The lowest BCUT2D eigenvalue weighted by atomic mass is 9.92. The first kappa shape index (κ1) is 15.2. The van der Waals surface area contributed by atoms with E-state index < -0.39 is 0 Å². The van der Waals surface area contributed by atoms with Crippen LogP contribution in [0.25, 0.3) is 0 Å². The van der Waals surface area contributed by atoms with Crippen LogP contribution in [0.15, 0.2) is 4.99 Å². The number of likely N-dealkylation sites (tertiary alicyclic amines) is 1. The molecule has 0 aromatic rings. The average Bonchev–Trinajstić information content (AvgIpc) is 2.38. The maximum atomic E-state index is 5.60. The minimum atomic E-state index is 0.500. The van der Waals surface area contributed by atoms with Crippen molar-refractivity contribution >= 4 is 5.96 Å². The Morgan fingerprint density at radius 1 is 1.50 bits per heavy atom. The summed E-state index contributed by atoms with van der Waals surface area (Å²) in [7, 11) is 0. The van der Waals surface area contributed by atoms with E-state index in [1.165, 1.54) is 12.8 Å². The van der Waals surface area contributed by atoms with Crippen LogP contribution in [0.2, 0.25) is 0 Å². The quantitative estimate of drug-likeness (QED) is 0.256. The summed E-state index contributed by atoms with van der Waals surface area (Å²) < 4.78 is 5.30. The number of piperidine rings is 1. The van der Waals surface area contributed by atoms with E-state index in [2.05, 4.69) is 29.2 Å². The lowest BCUT2D eigenvalue weighted by molar-refractivity contribution is 0.146. The van der Waals surface area contributed by atoms with Crippen molar-refractivity contribution in [3.8, 4) is 0 Å². The largest absolute Gasteiger partial charge is 0.382 e. The van der Waals surface area contributed by atoms with E-state index >= 15 is 0 Å². The number of hydrogen-bond donors (Lipinski definition) is 2. The molecule has 0 bridgehead atoms. The molecule has 0 radical (unpaired) electrons. The highest BCUT2D eigenvalue weighted by Crippen LogP contribution is 2.22. The fraction of sp³-hybridized carbons (Fsp3) is 0.923. The first-order chi connectivity index (χ1) is 8.70. The number of guanidine groups is 1. The van der Waals surface area contributed by atoms with Crippen molar-refractivity contribution in [1.82, 2.24) is 10.3 Å². The maximum Gasteiger partial charge on any atom is 0.208 e. The van der Waals surface area contributed by atoms with Gasteiger partial charge in [-0.1, -0.05) is 6.92 Å². The van der Waals surface area contributed by atoms with Gasteiger partial charge in [0.15, 0.2) is 0 Å². The molecular weight excluding hydrogens is 228 g/mol. The van der Waals surface area contributed by atoms with Crippen molar-refractivity contribution in [3.05, 3.63) is 0 Å². The van der Waals surface area contributed by atoms with Gasteiger partial charge in [0.1, 0.15) is 0 Å². The predicted octanol–water partition coefficient (Wildman–Crippen LogP) is 1.35. The van der Waals surface area contributed by atoms with Crippen LogP contribution in [0.5, 0.6) is 0 Å². The summed E-state index contributed by atoms with van der Waals surface area (Å²) in [6, 6.07) is 0.500. The summed E-state index contributed by atoms with van der Waals surface area (Å²) in [5.41, 5.74) is 2.75. The Balaban J connectivity index is 2.45. The molecule has 5 heteroatoms. The molecule has 1 fully saturated rings. The van der Waals surface area contributed by atoms with Gasteiger partial charge in [0, 0.05) is 32.3 Å². The van der Waals surface area contributed by atoms with Gasteiger partial charge < -0.3 is 9.64 Å². The molecule has 0 amide bonds. The highest BCUT2D eigenvalue weighted by atomic mass is 16.5. The van der Waals surface area contributed by atoms with Gasteiger partial charge in [0.2, 0.25) is 5.96 Å². The molecule has 2 unspecified atom stereocenters. The highest BCUT2D eigenvalue weighted by molar-refractivity contribution is 5.79. The van der Waals surface area contributed by atoms with Crippen LogP contribution in [-0.2, 0) is 4.74 Å². The fourth-order valence-corrected chi connectivity index (χ4v) is 2.35. The summed E-state index contributed by atoms with van der Waals surface area (Å²) >= 11 is 0. The third kappa shape index (κ3) is 4.46. The zero-order valence-electron chi connectivity index (χ0n) is 12.0. The van der Waals surface area contributed by atoms with E-state index in [9.17, 15) is 0 Å². The molecule has 0 spiro atoms. The van der Waals surface area contributed by atoms with Gasteiger partial charge in [-0.05, 0) is 39.0 Å². The molecule has 0 aliphatic carbocycles. The smallest absolute Gasteiger partial charge is 0.208 e. The van der Waals surface area contributed by atoms with Gasteiger partial charge in [-0.3, -0.25) is 10.4 Å². The number of nitrogens with one attached hydrogen (secondary N) is 1. The van der Waals surface area contributed by atoms with Crippen molar-refractivity contribution in [2.75, 3.05) is 26.3 Å². The lowest BCUT2D eigenvalue weighted by Gasteiger charge is -2.39. The molecule has 1 aliphatic heterocycles. The van der Waals surface area contributed by atoms with Crippen molar-refractivity contribution in [2.45, 2.75) is 46.1 Å². The zero-order valence-corrected chi connectivity index (χ0v) is 12.0. The molecule has 0 saturated carbocycles. The van der Waals surface area contributed by atoms with Crippen molar-refractivity contribution in [2.24, 2.45) is 16.8 Å². The Kier molecular flexibility index (Phi) is 7.05. The lowest BCUT2D eigenvalue weighted by Crippen LogP contribution is -2.53. The zero-order chi connectivity index (χ0) is 13.4. The van der Waals surface area contributed by atoms with Gasteiger partial charge in [-0.15, -0.1) is 0 Å². The maximum absolute atomic E-state index is 5.60. The second-order valence-corrected chi connectivity index (χ2v) is 4.95. The number of nitrogens with two attached hydrogens (primary N) is 1. The molecule has 0 aromatic carbocycles. The van der Waals surface area contributed by atoms with Crippen molar-refractivity contribution in [3.63, 3.8) is 0 Å². The van der Waals surface area contributed by atoms with Crippen LogP contribution in [0.3, 0.4) is 0 Å².